The molecule has 1 fully saturated rings. The fraction of sp³-hybridized carbons (Fsp3) is 0.188. The van der Waals surface area contributed by atoms with Crippen LogP contribution in [0.2, 0.25) is 0 Å². The summed E-state index contributed by atoms with van der Waals surface area (Å²) in [5, 5.41) is 12.6. The number of imide groups is 1. The predicted molar refractivity (Wildman–Crippen MR) is 88.3 cm³/mol. The number of hydrogen-bond acceptors (Lipinski definition) is 5. The third-order valence-electron chi connectivity index (χ3n) is 3.55. The summed E-state index contributed by atoms with van der Waals surface area (Å²) in [7, 11) is 0. The molecule has 2 aromatic carbocycles. The van der Waals surface area contributed by atoms with Crippen molar-refractivity contribution in [3.05, 3.63) is 42.5 Å². The zero-order valence-electron chi connectivity index (χ0n) is 12.1. The number of hydrogen-bond donors (Lipinski definition) is 2. The lowest BCUT2D eigenvalue weighted by Gasteiger charge is -2.15. The van der Waals surface area contributed by atoms with E-state index in [0.717, 1.165) is 33.1 Å². The lowest BCUT2D eigenvalue weighted by Crippen LogP contribution is -2.35. The van der Waals surface area contributed by atoms with Crippen molar-refractivity contribution < 1.29 is 19.5 Å². The summed E-state index contributed by atoms with van der Waals surface area (Å²) in [5.74, 6) is -1.45. The van der Waals surface area contributed by atoms with E-state index in [1.165, 1.54) is 0 Å². The lowest BCUT2D eigenvalue weighted by molar-refractivity contribution is -0.137. The van der Waals surface area contributed by atoms with Gasteiger partial charge in [-0.2, -0.15) is 0 Å². The molecule has 6 nitrogen and oxygen atoms in total. The Hall–Kier alpha value is -2.54. The fourth-order valence-corrected chi connectivity index (χ4v) is 3.36. The first-order chi connectivity index (χ1) is 11.1. The second-order valence-corrected chi connectivity index (χ2v) is 6.12. The second-order valence-electron chi connectivity index (χ2n) is 5.07. The SMILES string of the molecule is O=C(O)CCN1C(=O)S[C@@H](Nc2cccc3ccccc23)C1=O. The number of carboxylic acids is 1. The first-order valence-corrected chi connectivity index (χ1v) is 7.92. The number of nitrogens with zero attached hydrogens (tertiary/aromatic N) is 1. The van der Waals surface area contributed by atoms with E-state index in [-0.39, 0.29) is 13.0 Å². The highest BCUT2D eigenvalue weighted by molar-refractivity contribution is 8.15. The van der Waals surface area contributed by atoms with Crippen molar-refractivity contribution >= 4 is 45.3 Å². The van der Waals surface area contributed by atoms with E-state index in [0.29, 0.717) is 0 Å². The minimum absolute atomic E-state index is 0.103. The molecule has 1 heterocycles. The van der Waals surface area contributed by atoms with Crippen LogP contribution in [-0.2, 0) is 9.59 Å². The number of benzene rings is 2. The number of anilines is 1. The molecule has 0 aromatic heterocycles. The topological polar surface area (TPSA) is 86.7 Å². The molecule has 7 heteroatoms. The number of rotatable bonds is 5. The predicted octanol–water partition coefficient (Wildman–Crippen LogP) is 2.75. The molecule has 0 saturated carbocycles. The maximum atomic E-state index is 12.3. The Kier molecular flexibility index (Phi) is 4.20. The van der Waals surface area contributed by atoms with Crippen LogP contribution in [0.25, 0.3) is 10.8 Å². The fourth-order valence-electron chi connectivity index (χ4n) is 2.44. The summed E-state index contributed by atoms with van der Waals surface area (Å²) in [6, 6.07) is 13.4. The van der Waals surface area contributed by atoms with Gasteiger partial charge in [0.05, 0.1) is 6.42 Å². The van der Waals surface area contributed by atoms with E-state index in [1.54, 1.807) is 0 Å². The maximum absolute atomic E-state index is 12.3. The summed E-state index contributed by atoms with van der Waals surface area (Å²) in [6.45, 7) is -0.103. The Morgan fingerprint density at radius 3 is 2.70 bits per heavy atom. The Labute approximate surface area is 136 Å². The van der Waals surface area contributed by atoms with Gasteiger partial charge in [0.15, 0.2) is 5.37 Å². The summed E-state index contributed by atoms with van der Waals surface area (Å²) in [5.41, 5.74) is 0.766. The molecule has 2 amide bonds. The van der Waals surface area contributed by atoms with E-state index in [4.69, 9.17) is 5.11 Å². The maximum Gasteiger partial charge on any atom is 0.305 e. The third-order valence-corrected chi connectivity index (χ3v) is 4.53. The van der Waals surface area contributed by atoms with Crippen molar-refractivity contribution in [2.75, 3.05) is 11.9 Å². The highest BCUT2D eigenvalue weighted by Crippen LogP contribution is 2.31. The summed E-state index contributed by atoms with van der Waals surface area (Å²) < 4.78 is 0. The largest absolute Gasteiger partial charge is 0.481 e. The second kappa shape index (κ2) is 6.29. The molecule has 1 aliphatic heterocycles. The first-order valence-electron chi connectivity index (χ1n) is 7.04. The van der Waals surface area contributed by atoms with Crippen LogP contribution in [0, 0.1) is 0 Å². The van der Waals surface area contributed by atoms with Crippen LogP contribution >= 0.6 is 11.8 Å². The van der Waals surface area contributed by atoms with Gasteiger partial charge in [-0.3, -0.25) is 19.3 Å². The molecule has 0 aliphatic carbocycles. The standard InChI is InChI=1S/C16H14N2O4S/c19-13(20)8-9-18-15(21)14(23-16(18)22)17-12-7-3-5-10-4-1-2-6-11(10)12/h1-7,14,17H,8-9H2,(H,19,20)/t14-/m1/s1. The van der Waals surface area contributed by atoms with E-state index in [1.807, 2.05) is 42.5 Å². The van der Waals surface area contributed by atoms with E-state index < -0.39 is 22.5 Å². The molecule has 0 unspecified atom stereocenters. The van der Waals surface area contributed by atoms with Crippen LogP contribution < -0.4 is 5.32 Å². The average Bonchev–Trinajstić information content (AvgIpc) is 2.79. The monoisotopic (exact) mass is 330 g/mol. The number of carbonyl (C=O) groups is 3. The van der Waals surface area contributed by atoms with Crippen molar-refractivity contribution in [3.8, 4) is 0 Å². The molecule has 0 bridgehead atoms. The number of aliphatic carboxylic acids is 1. The number of carboxylic acid groups (broad SMARTS) is 1. The number of amides is 2. The molecule has 2 N–H and O–H groups in total. The molecule has 0 spiro atoms. The Balaban J connectivity index is 1.79. The van der Waals surface area contributed by atoms with Gasteiger partial charge >= 0.3 is 5.97 Å². The van der Waals surface area contributed by atoms with Crippen LogP contribution in [0.4, 0.5) is 10.5 Å². The molecule has 118 valence electrons. The normalized spacial score (nSPS) is 17.7. The highest BCUT2D eigenvalue weighted by atomic mass is 32.2. The molecule has 2 aromatic rings. The van der Waals surface area contributed by atoms with Crippen molar-refractivity contribution in [2.45, 2.75) is 11.8 Å². The van der Waals surface area contributed by atoms with Crippen LogP contribution in [0.1, 0.15) is 6.42 Å². The zero-order valence-corrected chi connectivity index (χ0v) is 12.9. The summed E-state index contributed by atoms with van der Waals surface area (Å²) >= 11 is 0.870. The quantitative estimate of drug-likeness (QED) is 0.876. The van der Waals surface area contributed by atoms with E-state index in [9.17, 15) is 14.4 Å². The van der Waals surface area contributed by atoms with Crippen molar-refractivity contribution in [1.29, 1.82) is 0 Å². The van der Waals surface area contributed by atoms with Crippen molar-refractivity contribution in [2.24, 2.45) is 0 Å². The van der Waals surface area contributed by atoms with E-state index >= 15 is 0 Å². The number of fused-ring (bicyclic) bond motifs is 1. The minimum atomic E-state index is -1.04. The third kappa shape index (κ3) is 3.14. The molecule has 1 saturated heterocycles. The van der Waals surface area contributed by atoms with Gasteiger partial charge in [-0.25, -0.2) is 0 Å². The van der Waals surface area contributed by atoms with Crippen LogP contribution in [-0.4, -0.2) is 39.0 Å². The smallest absolute Gasteiger partial charge is 0.305 e. The van der Waals surface area contributed by atoms with Gasteiger partial charge in [0, 0.05) is 17.6 Å². The van der Waals surface area contributed by atoms with Gasteiger partial charge in [-0.05, 0) is 23.2 Å². The van der Waals surface area contributed by atoms with Gasteiger partial charge in [-0.15, -0.1) is 0 Å². The minimum Gasteiger partial charge on any atom is -0.481 e. The highest BCUT2D eigenvalue weighted by Gasteiger charge is 2.39. The van der Waals surface area contributed by atoms with Crippen LogP contribution in [0.3, 0.4) is 0 Å². The number of nitrogens with one attached hydrogen (secondary N) is 1. The van der Waals surface area contributed by atoms with E-state index in [2.05, 4.69) is 5.32 Å². The van der Waals surface area contributed by atoms with Gasteiger partial charge in [0.2, 0.25) is 0 Å². The summed E-state index contributed by atoms with van der Waals surface area (Å²) in [6.07, 6.45) is -0.251. The van der Waals surface area contributed by atoms with Gasteiger partial charge in [0.25, 0.3) is 11.1 Å². The number of thioether (sulfide) groups is 1. The average molecular weight is 330 g/mol. The van der Waals surface area contributed by atoms with Crippen LogP contribution in [0.15, 0.2) is 42.5 Å². The van der Waals surface area contributed by atoms with Crippen molar-refractivity contribution in [3.63, 3.8) is 0 Å². The van der Waals surface area contributed by atoms with Crippen LogP contribution in [0.5, 0.6) is 0 Å². The molecular weight excluding hydrogens is 316 g/mol. The van der Waals surface area contributed by atoms with Gasteiger partial charge in [0.1, 0.15) is 0 Å². The molecule has 0 radical (unpaired) electrons. The lowest BCUT2D eigenvalue weighted by atomic mass is 10.1. The summed E-state index contributed by atoms with van der Waals surface area (Å²) in [4.78, 5) is 35.8. The molecule has 1 aliphatic rings. The Morgan fingerprint density at radius 1 is 1.17 bits per heavy atom. The zero-order chi connectivity index (χ0) is 16.4. The molecular formula is C16H14N2O4S. The first kappa shape index (κ1) is 15.4. The Morgan fingerprint density at radius 2 is 1.91 bits per heavy atom. The Bertz CT molecular complexity index is 787. The van der Waals surface area contributed by atoms with Crippen molar-refractivity contribution in [1.82, 2.24) is 4.90 Å². The van der Waals surface area contributed by atoms with Gasteiger partial charge in [-0.1, -0.05) is 36.4 Å². The number of carbonyl (C=O) groups excluding carboxylic acids is 2. The molecule has 23 heavy (non-hydrogen) atoms. The molecule has 1 atom stereocenters. The molecule has 3 rings (SSSR count). The van der Waals surface area contributed by atoms with Gasteiger partial charge < -0.3 is 10.4 Å².